The molecule has 0 rings (SSSR count). The normalized spacial score (nSPS) is 9.29. The zero-order chi connectivity index (χ0) is 5.70. The van der Waals surface area contributed by atoms with E-state index in [0.717, 1.165) is 6.08 Å². The van der Waals surface area contributed by atoms with Crippen molar-refractivity contribution < 1.29 is 4.79 Å². The van der Waals surface area contributed by atoms with Crippen LogP contribution in [0.2, 0.25) is 0 Å². The first-order valence-corrected chi connectivity index (χ1v) is 1.81. The quantitative estimate of drug-likeness (QED) is 0.361. The van der Waals surface area contributed by atoms with E-state index in [0.29, 0.717) is 0 Å². The number of hydrogen-bond donors (Lipinski definition) is 0. The highest BCUT2D eigenvalue weighted by atomic mass is 16.3. The smallest absolute Gasteiger partial charge is 0.264 e. The number of amides is 1. The molecule has 0 aromatic rings. The molecule has 0 aliphatic carbocycles. The third-order valence-corrected chi connectivity index (χ3v) is 0.399. The minimum Gasteiger partial charge on any atom is -0.264 e. The van der Waals surface area contributed by atoms with Gasteiger partial charge in [-0.1, -0.05) is 6.08 Å². The Morgan fingerprint density at radius 1 is 1.71 bits per heavy atom. The van der Waals surface area contributed by atoms with Crippen LogP contribution in [0.5, 0.6) is 0 Å². The lowest BCUT2D eigenvalue weighted by atomic mass is 10.5. The van der Waals surface area contributed by atoms with Crippen molar-refractivity contribution in [2.75, 3.05) is 0 Å². The van der Waals surface area contributed by atoms with E-state index in [4.69, 9.17) is 0 Å². The largest absolute Gasteiger partial charge is 0.309 e. The summed E-state index contributed by atoms with van der Waals surface area (Å²) in [6.45, 7) is 1.64. The Morgan fingerprint density at radius 3 is 2.43 bits per heavy atom. The predicted octanol–water partition coefficient (Wildman–Crippen LogP) is 0.856. The van der Waals surface area contributed by atoms with Crippen molar-refractivity contribution in [2.24, 2.45) is 5.18 Å². The molecular formula is C4H5NO2. The van der Waals surface area contributed by atoms with Crippen molar-refractivity contribution in [3.8, 4) is 0 Å². The van der Waals surface area contributed by atoms with E-state index >= 15 is 0 Å². The summed E-state index contributed by atoms with van der Waals surface area (Å²) in [4.78, 5) is 19.1. The molecule has 0 aliphatic rings. The van der Waals surface area contributed by atoms with Crippen LogP contribution in [0.15, 0.2) is 17.3 Å². The van der Waals surface area contributed by atoms with E-state index in [-0.39, 0.29) is 0 Å². The molecule has 0 spiro atoms. The first-order valence-electron chi connectivity index (χ1n) is 1.81. The number of nitrogens with zero attached hydrogens (tertiary/aromatic N) is 1. The highest BCUT2D eigenvalue weighted by molar-refractivity contribution is 5.87. The lowest BCUT2D eigenvalue weighted by Gasteiger charge is -1.66. The van der Waals surface area contributed by atoms with Gasteiger partial charge in [0.2, 0.25) is 0 Å². The Kier molecular flexibility index (Phi) is 2.76. The lowest BCUT2D eigenvalue weighted by molar-refractivity contribution is -0.113. The maximum atomic E-state index is 9.85. The first kappa shape index (κ1) is 6.01. The van der Waals surface area contributed by atoms with Crippen molar-refractivity contribution in [3.63, 3.8) is 0 Å². The molecule has 0 radical (unpaired) electrons. The van der Waals surface area contributed by atoms with Crippen LogP contribution in [0.25, 0.3) is 0 Å². The summed E-state index contributed by atoms with van der Waals surface area (Å²) in [5.74, 6) is -0.734. The summed E-state index contributed by atoms with van der Waals surface area (Å²) in [6, 6.07) is 0. The molecule has 0 saturated carbocycles. The third-order valence-electron chi connectivity index (χ3n) is 0.399. The van der Waals surface area contributed by atoms with Gasteiger partial charge in [0.05, 0.1) is 0 Å². The van der Waals surface area contributed by atoms with Crippen LogP contribution in [-0.4, -0.2) is 5.91 Å². The summed E-state index contributed by atoms with van der Waals surface area (Å²) >= 11 is 0. The molecule has 0 unspecified atom stereocenters. The number of hydrogen-bond acceptors (Lipinski definition) is 2. The lowest BCUT2D eigenvalue weighted by Crippen LogP contribution is -1.79. The second kappa shape index (κ2) is 3.21. The Labute approximate surface area is 41.0 Å². The second-order valence-electron chi connectivity index (χ2n) is 0.930. The SMILES string of the molecule is C/C=C/C(=O)N=O. The molecule has 0 aromatic heterocycles. The molecule has 3 nitrogen and oxygen atoms in total. The molecule has 3 heteroatoms. The van der Waals surface area contributed by atoms with Crippen LogP contribution in [0.4, 0.5) is 0 Å². The van der Waals surface area contributed by atoms with Crippen LogP contribution < -0.4 is 0 Å². The molecule has 0 atom stereocenters. The summed E-state index contributed by atoms with van der Waals surface area (Å²) in [6.07, 6.45) is 2.57. The Morgan fingerprint density at radius 2 is 2.29 bits per heavy atom. The molecule has 1 amide bonds. The molecule has 0 aromatic carbocycles. The van der Waals surface area contributed by atoms with Gasteiger partial charge in [-0.3, -0.25) is 4.79 Å². The number of carbonyl (C=O) groups excluding carboxylic acids is 1. The fourth-order valence-electron chi connectivity index (χ4n) is 0.173. The molecule has 0 heterocycles. The fraction of sp³-hybridized carbons (Fsp3) is 0.250. The molecule has 7 heavy (non-hydrogen) atoms. The Hall–Kier alpha value is -0.990. The summed E-state index contributed by atoms with van der Waals surface area (Å²) < 4.78 is 0. The Balaban J connectivity index is 3.58. The average molecular weight is 99.1 g/mol. The summed E-state index contributed by atoms with van der Waals surface area (Å²) in [5, 5.41) is 2.10. The van der Waals surface area contributed by atoms with E-state index in [2.05, 4.69) is 5.18 Å². The number of rotatable bonds is 1. The Bertz CT molecular complexity index is 106. The zero-order valence-corrected chi connectivity index (χ0v) is 3.92. The predicted molar refractivity (Wildman–Crippen MR) is 25.6 cm³/mol. The van der Waals surface area contributed by atoms with Crippen LogP contribution in [0, 0.1) is 4.91 Å². The second-order valence-corrected chi connectivity index (χ2v) is 0.930. The molecule has 38 valence electrons. The molecule has 0 saturated heterocycles. The standard InChI is InChI=1S/C4H5NO2/c1-2-3-4(6)5-7/h2-3H,1H3/b3-2+. The van der Waals surface area contributed by atoms with Crippen molar-refractivity contribution in [2.45, 2.75) is 6.92 Å². The highest BCUT2D eigenvalue weighted by Gasteiger charge is 1.85. The molecule has 0 aliphatic heterocycles. The number of carbonyl (C=O) groups is 1. The maximum Gasteiger partial charge on any atom is 0.309 e. The summed E-state index contributed by atoms with van der Waals surface area (Å²) in [7, 11) is 0. The third kappa shape index (κ3) is 2.82. The maximum absolute atomic E-state index is 9.85. The van der Waals surface area contributed by atoms with Crippen LogP contribution in [-0.2, 0) is 4.79 Å². The molecule has 0 bridgehead atoms. The van der Waals surface area contributed by atoms with Gasteiger partial charge in [-0.15, -0.1) is 4.91 Å². The first-order chi connectivity index (χ1) is 3.31. The number of nitroso groups, excluding NO2 is 1. The topological polar surface area (TPSA) is 46.5 Å². The monoisotopic (exact) mass is 99.0 g/mol. The van der Waals surface area contributed by atoms with Crippen molar-refractivity contribution in [1.29, 1.82) is 0 Å². The van der Waals surface area contributed by atoms with Gasteiger partial charge in [-0.25, -0.2) is 0 Å². The van der Waals surface area contributed by atoms with Crippen molar-refractivity contribution in [1.82, 2.24) is 0 Å². The van der Waals surface area contributed by atoms with Gasteiger partial charge in [-0.2, -0.15) is 0 Å². The van der Waals surface area contributed by atoms with Crippen LogP contribution in [0.1, 0.15) is 6.92 Å². The van der Waals surface area contributed by atoms with Crippen molar-refractivity contribution in [3.05, 3.63) is 17.1 Å². The van der Waals surface area contributed by atoms with Gasteiger partial charge in [0, 0.05) is 11.3 Å². The van der Waals surface area contributed by atoms with E-state index in [9.17, 15) is 9.70 Å². The highest BCUT2D eigenvalue weighted by Crippen LogP contribution is 1.74. The minimum atomic E-state index is -0.734. The molecule has 0 N–H and O–H groups in total. The molecular weight excluding hydrogens is 94.0 g/mol. The molecule has 0 fully saturated rings. The van der Waals surface area contributed by atoms with E-state index in [1.807, 2.05) is 0 Å². The van der Waals surface area contributed by atoms with Gasteiger partial charge in [0.1, 0.15) is 0 Å². The van der Waals surface area contributed by atoms with Gasteiger partial charge in [-0.05, 0) is 6.92 Å². The average Bonchev–Trinajstić information content (AvgIpc) is 1.68. The van der Waals surface area contributed by atoms with Gasteiger partial charge >= 0.3 is 5.91 Å². The van der Waals surface area contributed by atoms with Crippen LogP contribution in [0.3, 0.4) is 0 Å². The number of allylic oxidation sites excluding steroid dienone is 1. The van der Waals surface area contributed by atoms with Gasteiger partial charge < -0.3 is 0 Å². The fourth-order valence-corrected chi connectivity index (χ4v) is 0.173. The van der Waals surface area contributed by atoms with E-state index in [1.165, 1.54) is 6.08 Å². The van der Waals surface area contributed by atoms with Gasteiger partial charge in [0.25, 0.3) is 0 Å². The van der Waals surface area contributed by atoms with E-state index in [1.54, 1.807) is 6.92 Å². The zero-order valence-electron chi connectivity index (χ0n) is 3.92. The minimum absolute atomic E-state index is 0.734. The summed E-state index contributed by atoms with van der Waals surface area (Å²) in [5.41, 5.74) is 0. The van der Waals surface area contributed by atoms with Crippen molar-refractivity contribution >= 4 is 5.91 Å². The van der Waals surface area contributed by atoms with Gasteiger partial charge in [0.15, 0.2) is 0 Å². The van der Waals surface area contributed by atoms with Crippen LogP contribution >= 0.6 is 0 Å². The van der Waals surface area contributed by atoms with E-state index < -0.39 is 5.91 Å².